The number of carbonyl (C=O) groups is 1. The monoisotopic (exact) mass is 380 g/mol. The molecule has 27 heavy (non-hydrogen) atoms. The second kappa shape index (κ2) is 9.10. The van der Waals surface area contributed by atoms with E-state index in [2.05, 4.69) is 10.6 Å². The van der Waals surface area contributed by atoms with Crippen LogP contribution in [0.2, 0.25) is 5.02 Å². The summed E-state index contributed by atoms with van der Waals surface area (Å²) in [7, 11) is 0. The summed E-state index contributed by atoms with van der Waals surface area (Å²) in [5.41, 5.74) is 3.66. The molecule has 5 heteroatoms. The highest BCUT2D eigenvalue weighted by molar-refractivity contribution is 6.30. The molecule has 1 amide bonds. The van der Waals surface area contributed by atoms with Gasteiger partial charge in [0.25, 0.3) is 0 Å². The van der Waals surface area contributed by atoms with Crippen molar-refractivity contribution in [1.29, 1.82) is 0 Å². The first kappa shape index (κ1) is 18.8. The predicted molar refractivity (Wildman–Crippen MR) is 111 cm³/mol. The fourth-order valence-electron chi connectivity index (χ4n) is 2.55. The lowest BCUT2D eigenvalue weighted by Gasteiger charge is -2.11. The lowest BCUT2D eigenvalue weighted by atomic mass is 10.2. The molecule has 3 aromatic rings. The fraction of sp³-hybridized carbons (Fsp3) is 0.136. The second-order valence-corrected chi connectivity index (χ2v) is 6.60. The smallest absolute Gasteiger partial charge is 0.243 e. The molecule has 0 atom stereocenters. The fourth-order valence-corrected chi connectivity index (χ4v) is 2.78. The van der Waals surface area contributed by atoms with E-state index in [-0.39, 0.29) is 12.5 Å². The molecule has 0 aliphatic carbocycles. The highest BCUT2D eigenvalue weighted by Crippen LogP contribution is 2.20. The van der Waals surface area contributed by atoms with Crippen LogP contribution in [0.1, 0.15) is 11.1 Å². The van der Waals surface area contributed by atoms with E-state index in [0.717, 1.165) is 28.3 Å². The lowest BCUT2D eigenvalue weighted by molar-refractivity contribution is -0.114. The Balaban J connectivity index is 1.47. The van der Waals surface area contributed by atoms with Crippen molar-refractivity contribution in [3.8, 4) is 5.75 Å². The van der Waals surface area contributed by atoms with Crippen molar-refractivity contribution in [3.05, 3.63) is 88.9 Å². The molecule has 0 saturated heterocycles. The molecule has 4 nitrogen and oxygen atoms in total. The summed E-state index contributed by atoms with van der Waals surface area (Å²) in [6, 6.07) is 22.9. The molecule has 0 heterocycles. The van der Waals surface area contributed by atoms with Gasteiger partial charge in [0.15, 0.2) is 0 Å². The average molecular weight is 381 g/mol. The Labute approximate surface area is 164 Å². The minimum absolute atomic E-state index is 0.121. The van der Waals surface area contributed by atoms with Gasteiger partial charge in [0.05, 0.1) is 6.54 Å². The summed E-state index contributed by atoms with van der Waals surface area (Å²) >= 11 is 5.93. The molecule has 0 bridgehead atoms. The molecule has 0 fully saturated rings. The van der Waals surface area contributed by atoms with Crippen LogP contribution in [0, 0.1) is 6.92 Å². The topological polar surface area (TPSA) is 50.4 Å². The first-order valence-corrected chi connectivity index (χ1v) is 9.04. The number of aryl methyl sites for hydroxylation is 1. The van der Waals surface area contributed by atoms with Crippen LogP contribution in [0.3, 0.4) is 0 Å². The number of anilines is 2. The molecule has 0 spiro atoms. The molecule has 0 unspecified atom stereocenters. The Morgan fingerprint density at radius 2 is 1.74 bits per heavy atom. The van der Waals surface area contributed by atoms with E-state index in [1.54, 1.807) is 12.1 Å². The van der Waals surface area contributed by atoms with Crippen molar-refractivity contribution < 1.29 is 9.53 Å². The average Bonchev–Trinajstić information content (AvgIpc) is 2.68. The molecule has 3 aromatic carbocycles. The summed E-state index contributed by atoms with van der Waals surface area (Å²) in [6.45, 7) is 2.60. The van der Waals surface area contributed by atoms with Gasteiger partial charge >= 0.3 is 0 Å². The maximum absolute atomic E-state index is 12.1. The SMILES string of the molecule is Cc1cc(Cl)ccc1NC(=O)CNc1ccc(OCc2ccccc2)cc1. The minimum atomic E-state index is -0.121. The zero-order valence-electron chi connectivity index (χ0n) is 15.0. The van der Waals surface area contributed by atoms with Gasteiger partial charge < -0.3 is 15.4 Å². The number of amides is 1. The van der Waals surface area contributed by atoms with Crippen LogP contribution in [0.25, 0.3) is 0 Å². The van der Waals surface area contributed by atoms with Gasteiger partial charge in [0.2, 0.25) is 5.91 Å². The molecule has 0 saturated carbocycles. The summed E-state index contributed by atoms with van der Waals surface area (Å²) in [5.74, 6) is 0.662. The summed E-state index contributed by atoms with van der Waals surface area (Å²) in [4.78, 5) is 12.1. The Morgan fingerprint density at radius 3 is 2.44 bits per heavy atom. The molecule has 0 aromatic heterocycles. The molecule has 138 valence electrons. The van der Waals surface area contributed by atoms with Gasteiger partial charge in [-0.3, -0.25) is 4.79 Å². The molecular weight excluding hydrogens is 360 g/mol. The molecule has 0 aliphatic rings. The Bertz CT molecular complexity index is 896. The van der Waals surface area contributed by atoms with Gasteiger partial charge in [-0.1, -0.05) is 41.9 Å². The number of hydrogen-bond acceptors (Lipinski definition) is 3. The molecule has 0 aliphatic heterocycles. The molecule has 0 radical (unpaired) electrons. The maximum Gasteiger partial charge on any atom is 0.243 e. The third-order valence-electron chi connectivity index (χ3n) is 4.02. The Hall–Kier alpha value is -2.98. The van der Waals surface area contributed by atoms with Crippen LogP contribution in [0.5, 0.6) is 5.75 Å². The first-order valence-electron chi connectivity index (χ1n) is 8.67. The van der Waals surface area contributed by atoms with Crippen molar-refractivity contribution in [2.45, 2.75) is 13.5 Å². The predicted octanol–water partition coefficient (Wildman–Crippen LogP) is 5.28. The molecule has 3 rings (SSSR count). The number of carbonyl (C=O) groups excluding carboxylic acids is 1. The Kier molecular flexibility index (Phi) is 6.34. The van der Waals surface area contributed by atoms with E-state index in [1.165, 1.54) is 0 Å². The van der Waals surface area contributed by atoms with Gasteiger partial charge in [-0.15, -0.1) is 0 Å². The maximum atomic E-state index is 12.1. The van der Waals surface area contributed by atoms with Gasteiger partial charge in [-0.05, 0) is 60.5 Å². The van der Waals surface area contributed by atoms with Crippen LogP contribution in [-0.2, 0) is 11.4 Å². The summed E-state index contributed by atoms with van der Waals surface area (Å²) < 4.78 is 5.76. The van der Waals surface area contributed by atoms with Gasteiger partial charge in [0, 0.05) is 16.4 Å². The quantitative estimate of drug-likeness (QED) is 0.586. The Morgan fingerprint density at radius 1 is 1.00 bits per heavy atom. The van der Waals surface area contributed by atoms with E-state index in [9.17, 15) is 4.79 Å². The third-order valence-corrected chi connectivity index (χ3v) is 4.25. The van der Waals surface area contributed by atoms with Crippen molar-refractivity contribution in [3.63, 3.8) is 0 Å². The first-order chi connectivity index (χ1) is 13.1. The minimum Gasteiger partial charge on any atom is -0.489 e. The van der Waals surface area contributed by atoms with Gasteiger partial charge in [-0.2, -0.15) is 0 Å². The van der Waals surface area contributed by atoms with Gasteiger partial charge in [-0.25, -0.2) is 0 Å². The molecular formula is C22H21ClN2O2. The zero-order chi connectivity index (χ0) is 19.1. The number of ether oxygens (including phenoxy) is 1. The number of halogens is 1. The highest BCUT2D eigenvalue weighted by Gasteiger charge is 2.05. The van der Waals surface area contributed by atoms with Gasteiger partial charge in [0.1, 0.15) is 12.4 Å². The van der Waals surface area contributed by atoms with Crippen LogP contribution in [-0.4, -0.2) is 12.5 Å². The van der Waals surface area contributed by atoms with E-state index in [0.29, 0.717) is 11.6 Å². The number of benzene rings is 3. The highest BCUT2D eigenvalue weighted by atomic mass is 35.5. The van der Waals surface area contributed by atoms with Crippen LogP contribution >= 0.6 is 11.6 Å². The number of rotatable bonds is 7. The van der Waals surface area contributed by atoms with Crippen molar-refractivity contribution >= 4 is 28.9 Å². The van der Waals surface area contributed by atoms with Crippen LogP contribution < -0.4 is 15.4 Å². The zero-order valence-corrected chi connectivity index (χ0v) is 15.8. The van der Waals surface area contributed by atoms with Crippen LogP contribution in [0.4, 0.5) is 11.4 Å². The van der Waals surface area contributed by atoms with Crippen molar-refractivity contribution in [2.75, 3.05) is 17.2 Å². The van der Waals surface area contributed by atoms with E-state index >= 15 is 0 Å². The summed E-state index contributed by atoms with van der Waals surface area (Å²) in [6.07, 6.45) is 0. The second-order valence-electron chi connectivity index (χ2n) is 6.16. The normalized spacial score (nSPS) is 10.3. The largest absolute Gasteiger partial charge is 0.489 e. The van der Waals surface area contributed by atoms with E-state index in [4.69, 9.17) is 16.3 Å². The lowest BCUT2D eigenvalue weighted by Crippen LogP contribution is -2.22. The number of nitrogens with one attached hydrogen (secondary N) is 2. The number of hydrogen-bond donors (Lipinski definition) is 2. The third kappa shape index (κ3) is 5.76. The summed E-state index contributed by atoms with van der Waals surface area (Å²) in [5, 5.41) is 6.63. The van der Waals surface area contributed by atoms with E-state index in [1.807, 2.05) is 67.6 Å². The standard InChI is InChI=1S/C22H21ClN2O2/c1-16-13-18(23)7-12-21(16)25-22(26)14-24-19-8-10-20(11-9-19)27-15-17-5-3-2-4-6-17/h2-13,24H,14-15H2,1H3,(H,25,26). The van der Waals surface area contributed by atoms with Crippen molar-refractivity contribution in [2.24, 2.45) is 0 Å². The molecule has 2 N–H and O–H groups in total. The van der Waals surface area contributed by atoms with Crippen molar-refractivity contribution in [1.82, 2.24) is 0 Å². The van der Waals surface area contributed by atoms with E-state index < -0.39 is 0 Å². The van der Waals surface area contributed by atoms with Crippen LogP contribution in [0.15, 0.2) is 72.8 Å².